The fourth-order valence-corrected chi connectivity index (χ4v) is 0.384. The van der Waals surface area contributed by atoms with Crippen molar-refractivity contribution in [2.24, 2.45) is 0 Å². The van der Waals surface area contributed by atoms with Crippen molar-refractivity contribution in [3.8, 4) is 0 Å². The van der Waals surface area contributed by atoms with Crippen LogP contribution in [0.25, 0.3) is 0 Å². The number of aliphatic carboxylic acids is 1. The van der Waals surface area contributed by atoms with Crippen LogP contribution in [0.15, 0.2) is 12.2 Å². The molecule has 0 aliphatic carbocycles. The van der Waals surface area contributed by atoms with Crippen molar-refractivity contribution in [1.82, 2.24) is 0 Å². The molecule has 0 fully saturated rings. The molecule has 9 heavy (non-hydrogen) atoms. The van der Waals surface area contributed by atoms with Crippen molar-refractivity contribution < 1.29 is 14.3 Å². The molecule has 0 aromatic rings. The van der Waals surface area contributed by atoms with Crippen LogP contribution in [0, 0.1) is 0 Å². The highest BCUT2D eigenvalue weighted by Gasteiger charge is 2.28. The molecule has 2 nitrogen and oxygen atoms in total. The Morgan fingerprint density at radius 1 is 1.78 bits per heavy atom. The van der Waals surface area contributed by atoms with Gasteiger partial charge >= 0.3 is 5.97 Å². The van der Waals surface area contributed by atoms with Gasteiger partial charge in [-0.3, -0.25) is 0 Å². The molecule has 3 heteroatoms. The van der Waals surface area contributed by atoms with Crippen molar-refractivity contribution in [3.05, 3.63) is 12.2 Å². The lowest BCUT2D eigenvalue weighted by Crippen LogP contribution is -2.26. The minimum Gasteiger partial charge on any atom is -0.479 e. The van der Waals surface area contributed by atoms with Crippen LogP contribution in [0.3, 0.4) is 0 Å². The zero-order chi connectivity index (χ0) is 7.49. The third-order valence-electron chi connectivity index (χ3n) is 0.898. The molecule has 1 unspecified atom stereocenters. The molecule has 0 aromatic carbocycles. The highest BCUT2D eigenvalue weighted by atomic mass is 19.1. The van der Waals surface area contributed by atoms with Gasteiger partial charge in [-0.1, -0.05) is 6.08 Å². The summed E-state index contributed by atoms with van der Waals surface area (Å²) in [5.74, 6) is -1.46. The molecule has 0 bridgehead atoms. The van der Waals surface area contributed by atoms with E-state index < -0.39 is 11.6 Å². The highest BCUT2D eigenvalue weighted by molar-refractivity contribution is 5.79. The number of hydrogen-bond acceptors (Lipinski definition) is 1. The van der Waals surface area contributed by atoms with Gasteiger partial charge in [0.1, 0.15) is 0 Å². The van der Waals surface area contributed by atoms with Crippen LogP contribution in [0.4, 0.5) is 4.39 Å². The lowest BCUT2D eigenvalue weighted by atomic mass is 10.1. The summed E-state index contributed by atoms with van der Waals surface area (Å²) < 4.78 is 12.5. The molecular weight excluding hydrogens is 123 g/mol. The van der Waals surface area contributed by atoms with Gasteiger partial charge in [0.05, 0.1) is 0 Å². The first kappa shape index (κ1) is 8.14. The molecule has 0 saturated heterocycles. The van der Waals surface area contributed by atoms with E-state index in [2.05, 4.69) is 0 Å². The Bertz CT molecular complexity index is 138. The number of allylic oxidation sites excluding steroid dienone is 1. The van der Waals surface area contributed by atoms with Crippen molar-refractivity contribution in [1.29, 1.82) is 0 Å². The lowest BCUT2D eigenvalue weighted by molar-refractivity contribution is -0.146. The number of carbonyl (C=O) groups is 1. The first-order chi connectivity index (χ1) is 4.00. The fourth-order valence-electron chi connectivity index (χ4n) is 0.384. The molecule has 0 heterocycles. The number of carboxylic acid groups (broad SMARTS) is 1. The van der Waals surface area contributed by atoms with Crippen LogP contribution in [0.2, 0.25) is 0 Å². The SMILES string of the molecule is CC=CC(C)(F)C(=O)O. The third kappa shape index (κ3) is 2.26. The summed E-state index contributed by atoms with van der Waals surface area (Å²) in [5.41, 5.74) is -2.21. The van der Waals surface area contributed by atoms with Gasteiger partial charge in [-0.15, -0.1) is 0 Å². The molecule has 0 spiro atoms. The molecule has 0 amide bonds. The predicted molar refractivity (Wildman–Crippen MR) is 32.0 cm³/mol. The molecular formula is C6H9FO2. The number of carboxylic acids is 1. The predicted octanol–water partition coefficient (Wildman–Crippen LogP) is 1.38. The van der Waals surface area contributed by atoms with Gasteiger partial charge in [0.2, 0.25) is 5.67 Å². The average molecular weight is 132 g/mol. The minimum absolute atomic E-state index is 0.995. The van der Waals surface area contributed by atoms with E-state index in [-0.39, 0.29) is 0 Å². The molecule has 0 aliphatic rings. The summed E-state index contributed by atoms with van der Waals surface area (Å²) in [5, 5.41) is 8.15. The van der Waals surface area contributed by atoms with Crippen molar-refractivity contribution >= 4 is 5.97 Å². The molecule has 0 rings (SSSR count). The summed E-state index contributed by atoms with van der Waals surface area (Å²) in [4.78, 5) is 9.98. The minimum atomic E-state index is -2.21. The van der Waals surface area contributed by atoms with Crippen LogP contribution in [0.5, 0.6) is 0 Å². The Morgan fingerprint density at radius 2 is 2.22 bits per heavy atom. The van der Waals surface area contributed by atoms with Gasteiger partial charge in [0, 0.05) is 0 Å². The van der Waals surface area contributed by atoms with Gasteiger partial charge < -0.3 is 5.11 Å². The smallest absolute Gasteiger partial charge is 0.345 e. The highest BCUT2D eigenvalue weighted by Crippen LogP contribution is 2.11. The monoisotopic (exact) mass is 132 g/mol. The summed E-state index contributed by atoms with van der Waals surface area (Å²) in [6, 6.07) is 0. The van der Waals surface area contributed by atoms with E-state index >= 15 is 0 Å². The topological polar surface area (TPSA) is 37.3 Å². The number of hydrogen-bond donors (Lipinski definition) is 1. The van der Waals surface area contributed by atoms with Crippen LogP contribution in [-0.4, -0.2) is 16.7 Å². The van der Waals surface area contributed by atoms with Crippen LogP contribution in [0.1, 0.15) is 13.8 Å². The average Bonchev–Trinajstić information content (AvgIpc) is 1.65. The van der Waals surface area contributed by atoms with Gasteiger partial charge in [0.25, 0.3) is 0 Å². The zero-order valence-electron chi connectivity index (χ0n) is 5.39. The first-order valence-corrected chi connectivity index (χ1v) is 2.57. The van der Waals surface area contributed by atoms with Crippen LogP contribution in [-0.2, 0) is 4.79 Å². The molecule has 0 radical (unpaired) electrons. The van der Waals surface area contributed by atoms with Crippen LogP contribution < -0.4 is 0 Å². The van der Waals surface area contributed by atoms with Gasteiger partial charge in [0.15, 0.2) is 0 Å². The van der Waals surface area contributed by atoms with Gasteiger partial charge in [-0.05, 0) is 19.9 Å². The molecule has 1 N–H and O–H groups in total. The van der Waals surface area contributed by atoms with Crippen molar-refractivity contribution in [2.75, 3.05) is 0 Å². The Labute approximate surface area is 53.0 Å². The summed E-state index contributed by atoms with van der Waals surface area (Å²) >= 11 is 0. The fraction of sp³-hybridized carbons (Fsp3) is 0.500. The molecule has 0 aliphatic heterocycles. The van der Waals surface area contributed by atoms with E-state index in [1.807, 2.05) is 0 Å². The van der Waals surface area contributed by atoms with Crippen molar-refractivity contribution in [2.45, 2.75) is 19.5 Å². The standard InChI is InChI=1S/C6H9FO2/c1-3-4-6(2,7)5(8)9/h3-4H,1-2H3,(H,8,9). The van der Waals surface area contributed by atoms with Crippen LogP contribution >= 0.6 is 0 Å². The Hall–Kier alpha value is -0.860. The van der Waals surface area contributed by atoms with Gasteiger partial charge in [-0.2, -0.15) is 0 Å². The summed E-state index contributed by atoms with van der Waals surface area (Å²) in [7, 11) is 0. The van der Waals surface area contributed by atoms with Crippen molar-refractivity contribution in [3.63, 3.8) is 0 Å². The Morgan fingerprint density at radius 3 is 2.33 bits per heavy atom. The maximum Gasteiger partial charge on any atom is 0.345 e. The second kappa shape index (κ2) is 2.62. The van der Waals surface area contributed by atoms with E-state index in [0.717, 1.165) is 13.0 Å². The largest absolute Gasteiger partial charge is 0.479 e. The molecule has 0 aromatic heterocycles. The molecule has 52 valence electrons. The number of alkyl halides is 1. The van der Waals surface area contributed by atoms with E-state index in [4.69, 9.17) is 5.11 Å². The Balaban J connectivity index is 4.19. The third-order valence-corrected chi connectivity index (χ3v) is 0.898. The molecule has 0 saturated carbocycles. The van der Waals surface area contributed by atoms with E-state index in [9.17, 15) is 9.18 Å². The normalized spacial score (nSPS) is 17.7. The first-order valence-electron chi connectivity index (χ1n) is 2.57. The van der Waals surface area contributed by atoms with Gasteiger partial charge in [-0.25, -0.2) is 9.18 Å². The Kier molecular flexibility index (Phi) is 2.37. The molecule has 1 atom stereocenters. The second-order valence-corrected chi connectivity index (χ2v) is 1.88. The van der Waals surface area contributed by atoms with E-state index in [1.165, 1.54) is 6.08 Å². The summed E-state index contributed by atoms with van der Waals surface area (Å²) in [6.07, 6.45) is 2.36. The maximum atomic E-state index is 12.5. The number of halogens is 1. The zero-order valence-corrected chi connectivity index (χ0v) is 5.39. The van der Waals surface area contributed by atoms with E-state index in [1.54, 1.807) is 6.92 Å². The lowest BCUT2D eigenvalue weighted by Gasteiger charge is -2.06. The quantitative estimate of drug-likeness (QED) is 0.576. The second-order valence-electron chi connectivity index (χ2n) is 1.88. The van der Waals surface area contributed by atoms with E-state index in [0.29, 0.717) is 0 Å². The number of rotatable bonds is 2. The maximum absolute atomic E-state index is 12.5. The summed E-state index contributed by atoms with van der Waals surface area (Å²) in [6.45, 7) is 2.57.